The Hall–Kier alpha value is -1.55. The quantitative estimate of drug-likeness (QED) is 0.906. The van der Waals surface area contributed by atoms with E-state index >= 15 is 0 Å². The lowest BCUT2D eigenvalue weighted by molar-refractivity contribution is 0.130. The average molecular weight is 262 g/mol. The summed E-state index contributed by atoms with van der Waals surface area (Å²) < 4.78 is 5.19. The molecule has 1 heterocycles. The lowest BCUT2D eigenvalue weighted by atomic mass is 10.0. The van der Waals surface area contributed by atoms with E-state index < -0.39 is 0 Å². The average Bonchev–Trinajstić information content (AvgIpc) is 2.45. The molecule has 19 heavy (non-hydrogen) atoms. The number of amides is 1. The van der Waals surface area contributed by atoms with Crippen LogP contribution in [0.25, 0.3) is 0 Å². The Morgan fingerprint density at radius 2 is 2.16 bits per heavy atom. The van der Waals surface area contributed by atoms with Crippen molar-refractivity contribution in [2.24, 2.45) is 0 Å². The Morgan fingerprint density at radius 1 is 1.37 bits per heavy atom. The van der Waals surface area contributed by atoms with Crippen LogP contribution in [0, 0.1) is 0 Å². The standard InChI is InChI=1S/C15H22N2O2/c1-17-10-6-5-9-14(17)11-16-15(18)19-12-13-7-3-2-4-8-13/h2-4,7-8,14H,5-6,9-12H2,1H3,(H,16,18). The number of likely N-dealkylation sites (N-methyl/N-ethyl adjacent to an activating group) is 1. The first-order chi connectivity index (χ1) is 9.25. The molecular weight excluding hydrogens is 240 g/mol. The molecule has 104 valence electrons. The van der Waals surface area contributed by atoms with Gasteiger partial charge in [0.1, 0.15) is 6.61 Å². The SMILES string of the molecule is CN1CCCCC1CNC(=O)OCc1ccccc1. The molecule has 0 aliphatic carbocycles. The molecular formula is C15H22N2O2. The highest BCUT2D eigenvalue weighted by Crippen LogP contribution is 2.13. The van der Waals surface area contributed by atoms with Crippen molar-refractivity contribution in [1.82, 2.24) is 10.2 Å². The molecule has 1 amide bonds. The molecule has 1 fully saturated rings. The van der Waals surface area contributed by atoms with Crippen LogP contribution in [0.4, 0.5) is 4.79 Å². The Kier molecular flexibility index (Phi) is 5.21. The fraction of sp³-hybridized carbons (Fsp3) is 0.533. The van der Waals surface area contributed by atoms with E-state index in [1.165, 1.54) is 12.8 Å². The number of rotatable bonds is 4. The molecule has 1 saturated heterocycles. The number of carbonyl (C=O) groups excluding carboxylic acids is 1. The molecule has 2 rings (SSSR count). The minimum Gasteiger partial charge on any atom is -0.445 e. The largest absolute Gasteiger partial charge is 0.445 e. The Balaban J connectivity index is 1.67. The maximum Gasteiger partial charge on any atom is 0.407 e. The van der Waals surface area contributed by atoms with Gasteiger partial charge in [-0.15, -0.1) is 0 Å². The van der Waals surface area contributed by atoms with E-state index in [9.17, 15) is 4.79 Å². The summed E-state index contributed by atoms with van der Waals surface area (Å²) in [6, 6.07) is 10.2. The molecule has 1 aromatic carbocycles. The van der Waals surface area contributed by atoms with Gasteiger partial charge in [0.25, 0.3) is 0 Å². The molecule has 1 atom stereocenters. The normalized spacial score (nSPS) is 19.9. The summed E-state index contributed by atoms with van der Waals surface area (Å²) >= 11 is 0. The van der Waals surface area contributed by atoms with Crippen molar-refractivity contribution in [2.45, 2.75) is 31.9 Å². The predicted molar refractivity (Wildman–Crippen MR) is 74.9 cm³/mol. The van der Waals surface area contributed by atoms with Crippen LogP contribution in [-0.2, 0) is 11.3 Å². The number of likely N-dealkylation sites (tertiary alicyclic amines) is 1. The first-order valence-electron chi connectivity index (χ1n) is 6.90. The molecule has 1 aliphatic heterocycles. The van der Waals surface area contributed by atoms with Gasteiger partial charge in [-0.05, 0) is 32.0 Å². The van der Waals surface area contributed by atoms with E-state index in [0.29, 0.717) is 19.2 Å². The van der Waals surface area contributed by atoms with E-state index in [2.05, 4.69) is 17.3 Å². The fourth-order valence-electron chi connectivity index (χ4n) is 2.38. The monoisotopic (exact) mass is 262 g/mol. The molecule has 4 heteroatoms. The number of carbonyl (C=O) groups is 1. The van der Waals surface area contributed by atoms with Crippen molar-refractivity contribution >= 4 is 6.09 Å². The third-order valence-electron chi connectivity index (χ3n) is 3.62. The Labute approximate surface area is 114 Å². The van der Waals surface area contributed by atoms with E-state index in [1.54, 1.807) is 0 Å². The van der Waals surface area contributed by atoms with E-state index in [4.69, 9.17) is 4.74 Å². The summed E-state index contributed by atoms with van der Waals surface area (Å²) in [4.78, 5) is 13.9. The highest BCUT2D eigenvalue weighted by Gasteiger charge is 2.19. The molecule has 0 bridgehead atoms. The van der Waals surface area contributed by atoms with Crippen LogP contribution in [0.1, 0.15) is 24.8 Å². The van der Waals surface area contributed by atoms with Crippen LogP contribution in [0.15, 0.2) is 30.3 Å². The van der Waals surface area contributed by atoms with Gasteiger partial charge in [0.05, 0.1) is 0 Å². The van der Waals surface area contributed by atoms with Crippen molar-refractivity contribution in [2.75, 3.05) is 20.1 Å². The van der Waals surface area contributed by atoms with Gasteiger partial charge in [0.15, 0.2) is 0 Å². The van der Waals surface area contributed by atoms with Crippen LogP contribution in [0.5, 0.6) is 0 Å². The van der Waals surface area contributed by atoms with Crippen LogP contribution in [0.3, 0.4) is 0 Å². The number of piperidine rings is 1. The van der Waals surface area contributed by atoms with Crippen LogP contribution in [0.2, 0.25) is 0 Å². The zero-order chi connectivity index (χ0) is 13.5. The second kappa shape index (κ2) is 7.14. The molecule has 1 unspecified atom stereocenters. The zero-order valence-corrected chi connectivity index (χ0v) is 11.5. The van der Waals surface area contributed by atoms with Gasteiger partial charge in [-0.1, -0.05) is 36.8 Å². The first-order valence-corrected chi connectivity index (χ1v) is 6.90. The predicted octanol–water partition coefficient (Wildman–Crippen LogP) is 2.40. The van der Waals surface area contributed by atoms with Crippen molar-refractivity contribution in [3.8, 4) is 0 Å². The van der Waals surface area contributed by atoms with E-state index in [-0.39, 0.29) is 6.09 Å². The maximum atomic E-state index is 11.6. The van der Waals surface area contributed by atoms with E-state index in [0.717, 1.165) is 18.5 Å². The summed E-state index contributed by atoms with van der Waals surface area (Å²) in [5.74, 6) is 0. The highest BCUT2D eigenvalue weighted by atomic mass is 16.5. The van der Waals surface area contributed by atoms with Crippen molar-refractivity contribution in [3.63, 3.8) is 0 Å². The van der Waals surface area contributed by atoms with Gasteiger partial charge in [-0.3, -0.25) is 0 Å². The van der Waals surface area contributed by atoms with Crippen LogP contribution < -0.4 is 5.32 Å². The smallest absolute Gasteiger partial charge is 0.407 e. The van der Waals surface area contributed by atoms with E-state index in [1.807, 2.05) is 30.3 Å². The van der Waals surface area contributed by atoms with Crippen LogP contribution >= 0.6 is 0 Å². The zero-order valence-electron chi connectivity index (χ0n) is 11.5. The number of ether oxygens (including phenoxy) is 1. The third-order valence-corrected chi connectivity index (χ3v) is 3.62. The summed E-state index contributed by atoms with van der Waals surface area (Å²) in [6.45, 7) is 2.11. The number of benzene rings is 1. The molecule has 0 saturated carbocycles. The van der Waals surface area contributed by atoms with Gasteiger partial charge >= 0.3 is 6.09 Å². The minimum atomic E-state index is -0.331. The number of hydrogen-bond donors (Lipinski definition) is 1. The Morgan fingerprint density at radius 3 is 2.89 bits per heavy atom. The molecule has 1 aromatic rings. The second-order valence-electron chi connectivity index (χ2n) is 5.07. The third kappa shape index (κ3) is 4.56. The molecule has 0 spiro atoms. The Bertz CT molecular complexity index is 394. The van der Waals surface area contributed by atoms with Crippen LogP contribution in [-0.4, -0.2) is 37.2 Å². The number of alkyl carbamates (subject to hydrolysis) is 1. The van der Waals surface area contributed by atoms with Gasteiger partial charge in [0.2, 0.25) is 0 Å². The first kappa shape index (κ1) is 13.9. The lowest BCUT2D eigenvalue weighted by Gasteiger charge is -2.32. The van der Waals surface area contributed by atoms with Gasteiger partial charge in [-0.2, -0.15) is 0 Å². The topological polar surface area (TPSA) is 41.6 Å². The van der Waals surface area contributed by atoms with Crippen molar-refractivity contribution in [3.05, 3.63) is 35.9 Å². The summed E-state index contributed by atoms with van der Waals surface area (Å²) in [6.07, 6.45) is 3.32. The van der Waals surface area contributed by atoms with Gasteiger partial charge < -0.3 is 15.0 Å². The fourth-order valence-corrected chi connectivity index (χ4v) is 2.38. The summed E-state index contributed by atoms with van der Waals surface area (Å²) in [5.41, 5.74) is 1.01. The van der Waals surface area contributed by atoms with Gasteiger partial charge in [0, 0.05) is 12.6 Å². The molecule has 0 radical (unpaired) electrons. The van der Waals surface area contributed by atoms with Crippen molar-refractivity contribution < 1.29 is 9.53 Å². The molecule has 1 N–H and O–H groups in total. The summed E-state index contributed by atoms with van der Waals surface area (Å²) in [7, 11) is 2.11. The molecule has 4 nitrogen and oxygen atoms in total. The molecule has 1 aliphatic rings. The highest BCUT2D eigenvalue weighted by molar-refractivity contribution is 5.67. The minimum absolute atomic E-state index is 0.327. The maximum absolute atomic E-state index is 11.6. The number of nitrogens with one attached hydrogen (secondary N) is 1. The molecule has 0 aromatic heterocycles. The lowest BCUT2D eigenvalue weighted by Crippen LogP contribution is -2.44. The number of nitrogens with zero attached hydrogens (tertiary/aromatic N) is 1. The van der Waals surface area contributed by atoms with Crippen molar-refractivity contribution in [1.29, 1.82) is 0 Å². The second-order valence-corrected chi connectivity index (χ2v) is 5.07. The van der Waals surface area contributed by atoms with Gasteiger partial charge in [-0.25, -0.2) is 4.79 Å². The number of hydrogen-bond acceptors (Lipinski definition) is 3. The summed E-state index contributed by atoms with van der Waals surface area (Å²) in [5, 5.41) is 2.85.